The summed E-state index contributed by atoms with van der Waals surface area (Å²) in [7, 11) is 0. The molecule has 1 aromatic heterocycles. The van der Waals surface area contributed by atoms with Crippen molar-refractivity contribution in [2.75, 3.05) is 18.1 Å². The van der Waals surface area contributed by atoms with Crippen LogP contribution in [0.25, 0.3) is 10.2 Å². The van der Waals surface area contributed by atoms with Gasteiger partial charge in [0.1, 0.15) is 5.01 Å². The van der Waals surface area contributed by atoms with Gasteiger partial charge >= 0.3 is 0 Å². The number of hydrogen-bond acceptors (Lipinski definition) is 4. The van der Waals surface area contributed by atoms with E-state index in [9.17, 15) is 0 Å². The minimum Gasteiger partial charge on any atom is -0.310 e. The van der Waals surface area contributed by atoms with Gasteiger partial charge in [0.25, 0.3) is 0 Å². The van der Waals surface area contributed by atoms with Crippen LogP contribution >= 0.6 is 23.1 Å². The third kappa shape index (κ3) is 3.74. The van der Waals surface area contributed by atoms with E-state index in [1.807, 2.05) is 12.1 Å². The van der Waals surface area contributed by atoms with Gasteiger partial charge in [0.15, 0.2) is 0 Å². The molecule has 1 aromatic carbocycles. The average Bonchev–Trinajstić information content (AvgIpc) is 2.76. The molecule has 1 N–H and O–H groups in total. The number of para-hydroxylation sites is 1. The van der Waals surface area contributed by atoms with Crippen LogP contribution in [0.3, 0.4) is 0 Å². The molecule has 0 aliphatic carbocycles. The van der Waals surface area contributed by atoms with Gasteiger partial charge < -0.3 is 5.32 Å². The Bertz CT molecular complexity index is 480. The van der Waals surface area contributed by atoms with E-state index in [4.69, 9.17) is 6.42 Å². The van der Waals surface area contributed by atoms with Crippen LogP contribution in [0.5, 0.6) is 0 Å². The highest BCUT2D eigenvalue weighted by Crippen LogP contribution is 2.21. The van der Waals surface area contributed by atoms with E-state index in [1.165, 1.54) is 4.70 Å². The third-order valence-electron chi connectivity index (χ3n) is 2.22. The molecule has 17 heavy (non-hydrogen) atoms. The Labute approximate surface area is 110 Å². The number of hydrogen-bond donors (Lipinski definition) is 1. The van der Waals surface area contributed by atoms with Crippen LogP contribution in [0.1, 0.15) is 5.01 Å². The third-order valence-corrected chi connectivity index (χ3v) is 4.12. The van der Waals surface area contributed by atoms with E-state index in [0.29, 0.717) is 0 Å². The molecule has 0 atom stereocenters. The molecule has 0 aliphatic rings. The van der Waals surface area contributed by atoms with Crippen molar-refractivity contribution >= 4 is 33.3 Å². The van der Waals surface area contributed by atoms with Crippen LogP contribution in [0, 0.1) is 12.3 Å². The predicted octanol–water partition coefficient (Wildman–Crippen LogP) is 2.75. The number of fused-ring (bicyclic) bond motifs is 1. The van der Waals surface area contributed by atoms with Crippen molar-refractivity contribution < 1.29 is 0 Å². The minimum atomic E-state index is 0.794. The average molecular weight is 262 g/mol. The Balaban J connectivity index is 1.77. The number of benzene rings is 1. The van der Waals surface area contributed by atoms with E-state index < -0.39 is 0 Å². The Kier molecular flexibility index (Phi) is 4.87. The van der Waals surface area contributed by atoms with Gasteiger partial charge in [-0.1, -0.05) is 18.1 Å². The summed E-state index contributed by atoms with van der Waals surface area (Å²) in [5, 5.41) is 4.53. The molecule has 88 valence electrons. The van der Waals surface area contributed by atoms with Gasteiger partial charge in [0.2, 0.25) is 0 Å². The van der Waals surface area contributed by atoms with E-state index >= 15 is 0 Å². The first-order valence-electron chi connectivity index (χ1n) is 5.46. The summed E-state index contributed by atoms with van der Waals surface area (Å²) in [5.74, 6) is 4.46. The molecule has 2 rings (SSSR count). The predicted molar refractivity (Wildman–Crippen MR) is 77.5 cm³/mol. The SMILES string of the molecule is C#CCSCCNCc1nc2ccccc2s1. The maximum Gasteiger partial charge on any atom is 0.108 e. The second-order valence-corrected chi connectivity index (χ2v) is 5.73. The molecule has 0 saturated heterocycles. The molecular weight excluding hydrogens is 248 g/mol. The molecule has 0 aliphatic heterocycles. The van der Waals surface area contributed by atoms with Gasteiger partial charge in [-0.15, -0.1) is 29.5 Å². The van der Waals surface area contributed by atoms with Gasteiger partial charge in [-0.05, 0) is 12.1 Å². The first kappa shape index (κ1) is 12.4. The maximum absolute atomic E-state index is 5.18. The van der Waals surface area contributed by atoms with Crippen molar-refractivity contribution in [3.63, 3.8) is 0 Å². The summed E-state index contributed by atoms with van der Waals surface area (Å²) >= 11 is 3.53. The lowest BCUT2D eigenvalue weighted by Crippen LogP contribution is -2.16. The molecular formula is C13H14N2S2. The largest absolute Gasteiger partial charge is 0.310 e. The molecule has 2 aromatic rings. The number of rotatable bonds is 6. The lowest BCUT2D eigenvalue weighted by Gasteiger charge is -2.00. The molecule has 0 amide bonds. The minimum absolute atomic E-state index is 0.794. The lowest BCUT2D eigenvalue weighted by molar-refractivity contribution is 0.729. The fraction of sp³-hybridized carbons (Fsp3) is 0.308. The van der Waals surface area contributed by atoms with E-state index in [2.05, 4.69) is 28.4 Å². The smallest absolute Gasteiger partial charge is 0.108 e. The fourth-order valence-electron chi connectivity index (χ4n) is 1.47. The van der Waals surface area contributed by atoms with E-state index in [-0.39, 0.29) is 0 Å². The molecule has 1 heterocycles. The Morgan fingerprint density at radius 3 is 3.12 bits per heavy atom. The molecule has 4 heteroatoms. The van der Waals surface area contributed by atoms with Crippen molar-refractivity contribution in [2.45, 2.75) is 6.54 Å². The van der Waals surface area contributed by atoms with Gasteiger partial charge in [0.05, 0.1) is 16.0 Å². The number of terminal acetylenes is 1. The van der Waals surface area contributed by atoms with E-state index in [1.54, 1.807) is 23.1 Å². The molecule has 0 radical (unpaired) electrons. The molecule has 0 bridgehead atoms. The zero-order valence-electron chi connectivity index (χ0n) is 9.48. The molecule has 0 unspecified atom stereocenters. The zero-order chi connectivity index (χ0) is 11.9. The molecule has 0 saturated carbocycles. The summed E-state index contributed by atoms with van der Waals surface area (Å²) < 4.78 is 1.26. The number of thioether (sulfide) groups is 1. The van der Waals surface area contributed by atoms with Gasteiger partial charge in [-0.25, -0.2) is 4.98 Å². The molecule has 0 spiro atoms. The molecule has 2 nitrogen and oxygen atoms in total. The van der Waals surface area contributed by atoms with Gasteiger partial charge in [0, 0.05) is 18.8 Å². The quantitative estimate of drug-likeness (QED) is 0.640. The number of nitrogens with zero attached hydrogens (tertiary/aromatic N) is 1. The standard InChI is InChI=1S/C13H14N2S2/c1-2-8-16-9-7-14-10-13-15-11-5-3-4-6-12(11)17-13/h1,3-6,14H,7-10H2. The Morgan fingerprint density at radius 2 is 2.29 bits per heavy atom. The van der Waals surface area contributed by atoms with Crippen molar-refractivity contribution in [1.29, 1.82) is 0 Å². The second-order valence-electron chi connectivity index (χ2n) is 3.51. The van der Waals surface area contributed by atoms with Crippen LogP contribution < -0.4 is 5.32 Å². The number of aromatic nitrogens is 1. The monoisotopic (exact) mass is 262 g/mol. The van der Waals surface area contributed by atoms with Crippen molar-refractivity contribution in [3.8, 4) is 12.3 Å². The Hall–Kier alpha value is -1.02. The lowest BCUT2D eigenvalue weighted by atomic mass is 10.3. The summed E-state index contributed by atoms with van der Waals surface area (Å²) in [6, 6.07) is 8.24. The summed E-state index contributed by atoms with van der Waals surface area (Å²) in [4.78, 5) is 4.56. The van der Waals surface area contributed by atoms with Crippen molar-refractivity contribution in [1.82, 2.24) is 10.3 Å². The summed E-state index contributed by atoms with van der Waals surface area (Å²) in [6.07, 6.45) is 5.18. The molecule has 0 fully saturated rings. The van der Waals surface area contributed by atoms with Gasteiger partial charge in [-0.2, -0.15) is 0 Å². The van der Waals surface area contributed by atoms with Crippen LogP contribution in [0.4, 0.5) is 0 Å². The highest BCUT2D eigenvalue weighted by atomic mass is 32.2. The van der Waals surface area contributed by atoms with Crippen LogP contribution in [0.2, 0.25) is 0 Å². The number of thiazole rings is 1. The highest BCUT2D eigenvalue weighted by Gasteiger charge is 2.01. The zero-order valence-corrected chi connectivity index (χ0v) is 11.1. The van der Waals surface area contributed by atoms with Crippen molar-refractivity contribution in [2.24, 2.45) is 0 Å². The summed E-state index contributed by atoms with van der Waals surface area (Å²) in [5.41, 5.74) is 1.09. The Morgan fingerprint density at radius 1 is 1.41 bits per heavy atom. The second kappa shape index (κ2) is 6.65. The summed E-state index contributed by atoms with van der Waals surface area (Å²) in [6.45, 7) is 1.82. The van der Waals surface area contributed by atoms with Crippen LogP contribution in [-0.4, -0.2) is 23.0 Å². The fourth-order valence-corrected chi connectivity index (χ4v) is 2.95. The maximum atomic E-state index is 5.18. The van der Waals surface area contributed by atoms with Crippen LogP contribution in [-0.2, 0) is 6.54 Å². The van der Waals surface area contributed by atoms with Crippen LogP contribution in [0.15, 0.2) is 24.3 Å². The topological polar surface area (TPSA) is 24.9 Å². The van der Waals surface area contributed by atoms with Gasteiger partial charge in [-0.3, -0.25) is 0 Å². The highest BCUT2D eigenvalue weighted by molar-refractivity contribution is 7.99. The van der Waals surface area contributed by atoms with Crippen molar-refractivity contribution in [3.05, 3.63) is 29.3 Å². The first-order chi connectivity index (χ1) is 8.40. The normalized spacial score (nSPS) is 10.5. The number of nitrogens with one attached hydrogen (secondary N) is 1. The first-order valence-corrected chi connectivity index (χ1v) is 7.43. The van der Waals surface area contributed by atoms with E-state index in [0.717, 1.165) is 35.1 Å².